The number of H-pyrrole nitrogens is 1. The summed E-state index contributed by atoms with van der Waals surface area (Å²) in [4.78, 5) is 18.6. The molecule has 5 N–H and O–H groups in total. The number of alkyl halides is 3. The van der Waals surface area contributed by atoms with Crippen LogP contribution in [0.1, 0.15) is 45.8 Å². The fourth-order valence-corrected chi connectivity index (χ4v) is 7.51. The van der Waals surface area contributed by atoms with Crippen molar-refractivity contribution in [3.63, 3.8) is 0 Å². The maximum Gasteiger partial charge on any atom is 0.416 e. The lowest BCUT2D eigenvalue weighted by atomic mass is 9.97. The molecule has 0 spiro atoms. The number of nitrogens with zero attached hydrogens (tertiary/aromatic N) is 2. The number of carbonyl (C=O) groups excluding carboxylic acids is 1. The van der Waals surface area contributed by atoms with Crippen LogP contribution >= 0.6 is 10.8 Å². The summed E-state index contributed by atoms with van der Waals surface area (Å²) in [6.07, 6.45) is -3.58. The number of sulfonamides is 1. The summed E-state index contributed by atoms with van der Waals surface area (Å²) >= 11 is 0. The van der Waals surface area contributed by atoms with E-state index in [4.69, 9.17) is 0 Å². The SMILES string of the molecule is N#Cc1cc(C[C@H](NS(=O)(=O)c2cccc(C(F)(F)F)c2)c2ncc(-c3ccccc3)[nH]2)ccc1C1CC(=O)NS1(O)O. The lowest BCUT2D eigenvalue weighted by Gasteiger charge is -2.33. The van der Waals surface area contributed by atoms with Crippen molar-refractivity contribution in [3.05, 3.63) is 107 Å². The molecule has 15 heteroatoms. The van der Waals surface area contributed by atoms with Gasteiger partial charge in [-0.3, -0.25) is 18.6 Å². The number of nitriles is 1. The Bertz CT molecular complexity index is 1820. The molecular weight excluding hydrogens is 607 g/mol. The highest BCUT2D eigenvalue weighted by atomic mass is 32.3. The van der Waals surface area contributed by atoms with Gasteiger partial charge in [0.15, 0.2) is 0 Å². The van der Waals surface area contributed by atoms with Crippen molar-refractivity contribution in [1.82, 2.24) is 19.4 Å². The zero-order valence-corrected chi connectivity index (χ0v) is 23.7. The fourth-order valence-electron chi connectivity index (χ4n) is 4.76. The molecule has 0 saturated carbocycles. The second-order valence-corrected chi connectivity index (χ2v) is 13.5. The van der Waals surface area contributed by atoms with Crippen molar-refractivity contribution in [3.8, 4) is 17.3 Å². The van der Waals surface area contributed by atoms with Crippen LogP contribution < -0.4 is 9.44 Å². The van der Waals surface area contributed by atoms with Crippen molar-refractivity contribution in [2.45, 2.75) is 35.2 Å². The maximum atomic E-state index is 13.4. The van der Waals surface area contributed by atoms with Gasteiger partial charge in [0.2, 0.25) is 15.9 Å². The van der Waals surface area contributed by atoms with Gasteiger partial charge in [0, 0.05) is 0 Å². The van der Waals surface area contributed by atoms with Crippen LogP contribution in [0.25, 0.3) is 11.3 Å². The number of halogens is 3. The molecule has 0 aliphatic carbocycles. The highest BCUT2D eigenvalue weighted by Crippen LogP contribution is 2.56. The number of carbonyl (C=O) groups is 1. The minimum absolute atomic E-state index is 0.0443. The minimum atomic E-state index is -4.76. The van der Waals surface area contributed by atoms with Gasteiger partial charge in [0.25, 0.3) is 0 Å². The van der Waals surface area contributed by atoms with Crippen LogP contribution in [-0.4, -0.2) is 33.4 Å². The molecule has 1 aliphatic rings. The van der Waals surface area contributed by atoms with Crippen molar-refractivity contribution < 1.29 is 35.5 Å². The molecule has 2 atom stereocenters. The van der Waals surface area contributed by atoms with Gasteiger partial charge in [-0.05, 0) is 47.4 Å². The number of benzene rings is 3. The molecule has 2 heterocycles. The Balaban J connectivity index is 1.51. The van der Waals surface area contributed by atoms with Crippen LogP contribution in [0.5, 0.6) is 0 Å². The minimum Gasteiger partial charge on any atom is -0.341 e. The first-order valence-electron chi connectivity index (χ1n) is 12.7. The number of rotatable bonds is 8. The van der Waals surface area contributed by atoms with E-state index in [9.17, 15) is 40.8 Å². The molecule has 1 aromatic heterocycles. The molecule has 4 aromatic rings. The van der Waals surface area contributed by atoms with E-state index in [1.54, 1.807) is 18.2 Å². The number of aromatic amines is 1. The van der Waals surface area contributed by atoms with Gasteiger partial charge in [0.05, 0.1) is 46.4 Å². The normalized spacial score (nSPS) is 18.0. The fraction of sp³-hybridized carbons (Fsp3) is 0.179. The van der Waals surface area contributed by atoms with Crippen LogP contribution in [0.4, 0.5) is 13.2 Å². The monoisotopic (exact) mass is 631 g/mol. The molecule has 1 fully saturated rings. The second-order valence-electron chi connectivity index (χ2n) is 9.80. The summed E-state index contributed by atoms with van der Waals surface area (Å²) in [5.74, 6) is -0.411. The largest absolute Gasteiger partial charge is 0.416 e. The number of hydrogen-bond donors (Lipinski definition) is 5. The van der Waals surface area contributed by atoms with E-state index in [1.165, 1.54) is 18.3 Å². The first-order chi connectivity index (χ1) is 20.3. The van der Waals surface area contributed by atoms with Crippen LogP contribution in [-0.2, 0) is 27.4 Å². The van der Waals surface area contributed by atoms with Crippen LogP contribution in [0.15, 0.2) is 83.9 Å². The average molecular weight is 632 g/mol. The summed E-state index contributed by atoms with van der Waals surface area (Å²) in [5.41, 5.74) is 0.906. The molecule has 1 saturated heterocycles. The molecule has 43 heavy (non-hydrogen) atoms. The summed E-state index contributed by atoms with van der Waals surface area (Å²) in [6, 6.07) is 17.7. The standard InChI is InChI=1S/C28H24F3N5O5S2/c29-28(30,31)20-7-4-8-21(13-20)42(38,39)35-23(27-33-16-24(34-27)18-5-2-1-3-6-18)12-17-9-10-22(19(11-17)15-32)25-14-26(37)36-43(25,40)41/h1-11,13,16,23,25,35,40-41H,12,14H2,(H,33,34)(H,36,37)/t23-,25?/m0/s1. The molecule has 3 aromatic carbocycles. The van der Waals surface area contributed by atoms with E-state index in [0.717, 1.165) is 23.8 Å². The molecule has 0 bridgehead atoms. The molecule has 1 amide bonds. The predicted molar refractivity (Wildman–Crippen MR) is 152 cm³/mol. The van der Waals surface area contributed by atoms with E-state index in [2.05, 4.69) is 19.4 Å². The zero-order valence-electron chi connectivity index (χ0n) is 22.0. The molecular formula is C28H24F3N5O5S2. The van der Waals surface area contributed by atoms with Gasteiger partial charge in [0.1, 0.15) is 11.1 Å². The van der Waals surface area contributed by atoms with E-state index >= 15 is 0 Å². The lowest BCUT2D eigenvalue weighted by Crippen LogP contribution is -2.31. The number of imidazole rings is 1. The van der Waals surface area contributed by atoms with Crippen molar-refractivity contribution in [2.24, 2.45) is 0 Å². The van der Waals surface area contributed by atoms with Gasteiger partial charge >= 0.3 is 6.18 Å². The Hall–Kier alpha value is -4.20. The third-order valence-corrected chi connectivity index (χ3v) is 10.0. The first-order valence-corrected chi connectivity index (χ1v) is 15.8. The van der Waals surface area contributed by atoms with Crippen LogP contribution in [0.3, 0.4) is 0 Å². The van der Waals surface area contributed by atoms with Crippen molar-refractivity contribution in [2.75, 3.05) is 0 Å². The molecule has 5 rings (SSSR count). The third kappa shape index (κ3) is 6.58. The number of amides is 1. The van der Waals surface area contributed by atoms with Gasteiger partial charge in [-0.2, -0.15) is 18.4 Å². The molecule has 224 valence electrons. The first kappa shape index (κ1) is 30.3. The van der Waals surface area contributed by atoms with E-state index in [0.29, 0.717) is 17.3 Å². The summed E-state index contributed by atoms with van der Waals surface area (Å²) < 4.78 is 91.8. The molecule has 1 unspecified atom stereocenters. The van der Waals surface area contributed by atoms with Gasteiger partial charge in [-0.1, -0.05) is 48.5 Å². The summed E-state index contributed by atoms with van der Waals surface area (Å²) in [6.45, 7) is 0. The molecule has 0 radical (unpaired) electrons. The second kappa shape index (κ2) is 11.5. The number of hydrogen-bond acceptors (Lipinski definition) is 7. The Morgan fingerprint density at radius 3 is 2.49 bits per heavy atom. The Labute approximate surface area is 246 Å². The van der Waals surface area contributed by atoms with Gasteiger partial charge < -0.3 is 4.98 Å². The average Bonchev–Trinajstić information content (AvgIpc) is 3.56. The van der Waals surface area contributed by atoms with Crippen LogP contribution in [0.2, 0.25) is 0 Å². The van der Waals surface area contributed by atoms with E-state index < -0.39 is 54.6 Å². The summed E-state index contributed by atoms with van der Waals surface area (Å²) in [5, 5.41) is 8.77. The number of aromatic nitrogens is 2. The quantitative estimate of drug-likeness (QED) is 0.172. The van der Waals surface area contributed by atoms with Gasteiger partial charge in [-0.15, -0.1) is 10.8 Å². The molecule has 10 nitrogen and oxygen atoms in total. The van der Waals surface area contributed by atoms with Crippen LogP contribution in [0, 0.1) is 11.3 Å². The maximum absolute atomic E-state index is 13.4. The third-order valence-electron chi connectivity index (χ3n) is 6.84. The summed E-state index contributed by atoms with van der Waals surface area (Å²) in [7, 11) is -8.04. The predicted octanol–water partition coefficient (Wildman–Crippen LogP) is 5.46. The smallest absolute Gasteiger partial charge is 0.341 e. The topological polar surface area (TPSA) is 168 Å². The van der Waals surface area contributed by atoms with E-state index in [1.807, 2.05) is 24.3 Å². The molecule has 1 aliphatic heterocycles. The highest BCUT2D eigenvalue weighted by Gasteiger charge is 2.39. The highest BCUT2D eigenvalue weighted by molar-refractivity contribution is 8.23. The zero-order chi connectivity index (χ0) is 31.0. The Morgan fingerprint density at radius 1 is 1.09 bits per heavy atom. The lowest BCUT2D eigenvalue weighted by molar-refractivity contribution is -0.137. The Morgan fingerprint density at radius 2 is 1.84 bits per heavy atom. The van der Waals surface area contributed by atoms with Crippen molar-refractivity contribution in [1.29, 1.82) is 5.26 Å². The number of nitrogens with one attached hydrogen (secondary N) is 3. The van der Waals surface area contributed by atoms with E-state index in [-0.39, 0.29) is 29.8 Å². The van der Waals surface area contributed by atoms with Gasteiger partial charge in [-0.25, -0.2) is 18.1 Å². The van der Waals surface area contributed by atoms with Crippen molar-refractivity contribution >= 4 is 26.7 Å². The Kier molecular flexibility index (Phi) is 8.07.